The molecule has 0 spiro atoms. The fourth-order valence-corrected chi connectivity index (χ4v) is 2.27. The van der Waals surface area contributed by atoms with E-state index in [9.17, 15) is 15.0 Å². The molecular weight excluding hydrogens is 250 g/mol. The normalized spacial score (nSPS) is 26.7. The smallest absolute Gasteiger partial charge is 0.325 e. The van der Waals surface area contributed by atoms with E-state index in [1.54, 1.807) is 6.92 Å². The van der Waals surface area contributed by atoms with Crippen LogP contribution < -0.4 is 5.32 Å². The molecule has 0 aromatic heterocycles. The van der Waals surface area contributed by atoms with Crippen LogP contribution in [0.1, 0.15) is 33.1 Å². The summed E-state index contributed by atoms with van der Waals surface area (Å²) < 4.78 is 10.4. The van der Waals surface area contributed by atoms with Gasteiger partial charge in [-0.25, -0.2) is 0 Å². The Morgan fingerprint density at radius 3 is 2.89 bits per heavy atom. The van der Waals surface area contributed by atoms with E-state index in [1.165, 1.54) is 0 Å². The Hall–Kier alpha value is -0.690. The lowest BCUT2D eigenvalue weighted by atomic mass is 10.00. The monoisotopic (exact) mass is 275 g/mol. The van der Waals surface area contributed by atoms with E-state index in [4.69, 9.17) is 9.47 Å². The van der Waals surface area contributed by atoms with Crippen LogP contribution in [0.2, 0.25) is 0 Å². The number of aliphatic hydroxyl groups excluding tert-OH is 2. The number of carbonyl (C=O) groups is 1. The summed E-state index contributed by atoms with van der Waals surface area (Å²) in [7, 11) is 0. The van der Waals surface area contributed by atoms with Crippen LogP contribution in [0.15, 0.2) is 0 Å². The van der Waals surface area contributed by atoms with Gasteiger partial charge in [-0.1, -0.05) is 0 Å². The van der Waals surface area contributed by atoms with E-state index < -0.39 is 12.0 Å². The molecule has 6 nitrogen and oxygen atoms in total. The van der Waals surface area contributed by atoms with Gasteiger partial charge >= 0.3 is 5.97 Å². The number of hydrogen-bond acceptors (Lipinski definition) is 6. The molecule has 1 rings (SSSR count). The van der Waals surface area contributed by atoms with Crippen molar-refractivity contribution < 1.29 is 24.5 Å². The maximum absolute atomic E-state index is 11.5. The lowest BCUT2D eigenvalue weighted by molar-refractivity contribution is -0.147. The van der Waals surface area contributed by atoms with Gasteiger partial charge in [-0.05, 0) is 33.1 Å². The molecule has 4 atom stereocenters. The van der Waals surface area contributed by atoms with Crippen molar-refractivity contribution >= 4 is 5.97 Å². The van der Waals surface area contributed by atoms with E-state index in [2.05, 4.69) is 5.32 Å². The molecule has 19 heavy (non-hydrogen) atoms. The third-order valence-electron chi connectivity index (χ3n) is 3.20. The summed E-state index contributed by atoms with van der Waals surface area (Å²) in [6.07, 6.45) is 1.68. The first-order chi connectivity index (χ1) is 9.06. The molecule has 0 aliphatic carbocycles. The number of aliphatic hydroxyl groups is 2. The van der Waals surface area contributed by atoms with E-state index in [0.29, 0.717) is 32.5 Å². The van der Waals surface area contributed by atoms with Gasteiger partial charge in [-0.2, -0.15) is 0 Å². The summed E-state index contributed by atoms with van der Waals surface area (Å²) in [4.78, 5) is 11.5. The summed E-state index contributed by atoms with van der Waals surface area (Å²) in [5.41, 5.74) is 0. The van der Waals surface area contributed by atoms with Crippen molar-refractivity contribution in [3.8, 4) is 0 Å². The molecule has 1 fully saturated rings. The first-order valence-corrected chi connectivity index (χ1v) is 6.90. The zero-order chi connectivity index (χ0) is 14.3. The largest absolute Gasteiger partial charge is 0.465 e. The zero-order valence-electron chi connectivity index (χ0n) is 11.7. The average molecular weight is 275 g/mol. The van der Waals surface area contributed by atoms with E-state index in [1.807, 2.05) is 6.92 Å². The molecule has 4 unspecified atom stereocenters. The van der Waals surface area contributed by atoms with Crippen molar-refractivity contribution in [3.63, 3.8) is 0 Å². The molecule has 0 aromatic rings. The van der Waals surface area contributed by atoms with Crippen LogP contribution >= 0.6 is 0 Å². The fraction of sp³-hybridized carbons (Fsp3) is 0.923. The molecule has 0 radical (unpaired) electrons. The minimum absolute atomic E-state index is 0.00291. The highest BCUT2D eigenvalue weighted by atomic mass is 16.5. The van der Waals surface area contributed by atoms with Crippen LogP contribution in [0.25, 0.3) is 0 Å². The van der Waals surface area contributed by atoms with Crippen molar-refractivity contribution in [2.45, 2.75) is 57.4 Å². The summed E-state index contributed by atoms with van der Waals surface area (Å²) in [6.45, 7) is 4.22. The Morgan fingerprint density at radius 1 is 1.58 bits per heavy atom. The van der Waals surface area contributed by atoms with Gasteiger partial charge in [-0.15, -0.1) is 0 Å². The van der Waals surface area contributed by atoms with Crippen LogP contribution in [0.5, 0.6) is 0 Å². The molecule has 0 saturated carbocycles. The first-order valence-electron chi connectivity index (χ1n) is 6.90. The highest BCUT2D eigenvalue weighted by Gasteiger charge is 2.25. The summed E-state index contributed by atoms with van der Waals surface area (Å²) in [5.74, 6) is -0.443. The second kappa shape index (κ2) is 8.47. The Labute approximate surface area is 114 Å². The van der Waals surface area contributed by atoms with Gasteiger partial charge in [-0.3, -0.25) is 10.1 Å². The van der Waals surface area contributed by atoms with Crippen LogP contribution in [0.3, 0.4) is 0 Å². The van der Waals surface area contributed by atoms with Crippen LogP contribution in [0.4, 0.5) is 0 Å². The number of rotatable bonds is 7. The average Bonchev–Trinajstić information content (AvgIpc) is 2.36. The minimum Gasteiger partial charge on any atom is -0.465 e. The van der Waals surface area contributed by atoms with Gasteiger partial charge in [0.15, 0.2) is 0 Å². The molecule has 1 saturated heterocycles. The second-order valence-corrected chi connectivity index (χ2v) is 4.96. The van der Waals surface area contributed by atoms with Crippen molar-refractivity contribution in [1.29, 1.82) is 0 Å². The van der Waals surface area contributed by atoms with Crippen molar-refractivity contribution in [1.82, 2.24) is 5.32 Å². The Bertz CT molecular complexity index is 274. The standard InChI is InChI=1S/C13H25NO5/c1-3-18-13(17)12(8-15)14-9(2)6-11-7-10(16)4-5-19-11/h9-12,14-16H,3-8H2,1-2H3. The molecule has 1 aliphatic rings. The molecule has 1 aliphatic heterocycles. The highest BCUT2D eigenvalue weighted by Crippen LogP contribution is 2.17. The third kappa shape index (κ3) is 5.86. The van der Waals surface area contributed by atoms with Crippen molar-refractivity contribution in [2.75, 3.05) is 19.8 Å². The summed E-state index contributed by atoms with van der Waals surface area (Å²) in [5, 5.41) is 21.8. The molecule has 3 N–H and O–H groups in total. The van der Waals surface area contributed by atoms with Crippen LogP contribution in [-0.2, 0) is 14.3 Å². The molecule has 6 heteroatoms. The van der Waals surface area contributed by atoms with Gasteiger partial charge in [0.25, 0.3) is 0 Å². The summed E-state index contributed by atoms with van der Waals surface area (Å²) >= 11 is 0. The van der Waals surface area contributed by atoms with Gasteiger partial charge in [0.2, 0.25) is 0 Å². The zero-order valence-corrected chi connectivity index (χ0v) is 11.7. The number of ether oxygens (including phenoxy) is 2. The fourth-order valence-electron chi connectivity index (χ4n) is 2.27. The van der Waals surface area contributed by atoms with Crippen molar-refractivity contribution in [2.24, 2.45) is 0 Å². The number of esters is 1. The number of carbonyl (C=O) groups excluding carboxylic acids is 1. The molecule has 1 heterocycles. The molecule has 0 amide bonds. The van der Waals surface area contributed by atoms with Gasteiger partial charge < -0.3 is 19.7 Å². The topological polar surface area (TPSA) is 88.0 Å². The SMILES string of the molecule is CCOC(=O)C(CO)NC(C)CC1CC(O)CCO1. The Morgan fingerprint density at radius 2 is 2.32 bits per heavy atom. The van der Waals surface area contributed by atoms with E-state index in [0.717, 1.165) is 0 Å². The van der Waals surface area contributed by atoms with E-state index in [-0.39, 0.29) is 24.9 Å². The first kappa shape index (κ1) is 16.4. The van der Waals surface area contributed by atoms with Crippen LogP contribution in [-0.4, -0.2) is 60.3 Å². The summed E-state index contributed by atoms with van der Waals surface area (Å²) in [6, 6.07) is -0.708. The molecule has 0 bridgehead atoms. The lowest BCUT2D eigenvalue weighted by Gasteiger charge is -2.29. The second-order valence-electron chi connectivity index (χ2n) is 4.96. The number of hydrogen-bond donors (Lipinski definition) is 3. The molecule has 112 valence electrons. The quantitative estimate of drug-likeness (QED) is 0.559. The lowest BCUT2D eigenvalue weighted by Crippen LogP contribution is -2.47. The predicted octanol–water partition coefficient (Wildman–Crippen LogP) is -0.181. The van der Waals surface area contributed by atoms with Crippen LogP contribution in [0, 0.1) is 0 Å². The van der Waals surface area contributed by atoms with E-state index >= 15 is 0 Å². The maximum atomic E-state index is 11.5. The minimum atomic E-state index is -0.705. The molecule has 0 aromatic carbocycles. The Balaban J connectivity index is 2.35. The van der Waals surface area contributed by atoms with Gasteiger partial charge in [0.1, 0.15) is 6.04 Å². The molecular formula is C13H25NO5. The Kier molecular flexibility index (Phi) is 7.30. The van der Waals surface area contributed by atoms with Gasteiger partial charge in [0.05, 0.1) is 25.4 Å². The predicted molar refractivity (Wildman–Crippen MR) is 69.7 cm³/mol. The highest BCUT2D eigenvalue weighted by molar-refractivity contribution is 5.75. The van der Waals surface area contributed by atoms with Crippen molar-refractivity contribution in [3.05, 3.63) is 0 Å². The van der Waals surface area contributed by atoms with Gasteiger partial charge in [0, 0.05) is 12.6 Å². The third-order valence-corrected chi connectivity index (χ3v) is 3.20. The maximum Gasteiger partial charge on any atom is 0.325 e. The number of nitrogens with one attached hydrogen (secondary N) is 1.